The minimum absolute atomic E-state index is 0.156. The van der Waals surface area contributed by atoms with E-state index in [1.165, 1.54) is 6.42 Å². The minimum Gasteiger partial charge on any atom is -0.493 e. The smallest absolute Gasteiger partial charge is 0.224 e. The molecule has 2 aliphatic heterocycles. The lowest BCUT2D eigenvalue weighted by molar-refractivity contribution is -0.132. The van der Waals surface area contributed by atoms with Crippen molar-refractivity contribution in [3.63, 3.8) is 0 Å². The van der Waals surface area contributed by atoms with Gasteiger partial charge in [0.25, 0.3) is 0 Å². The number of amides is 1. The number of nitrogens with one attached hydrogen (secondary N) is 1. The summed E-state index contributed by atoms with van der Waals surface area (Å²) < 4.78 is 10.7. The van der Waals surface area contributed by atoms with Crippen molar-refractivity contribution in [2.75, 3.05) is 27.3 Å². The van der Waals surface area contributed by atoms with E-state index in [0.29, 0.717) is 12.5 Å². The van der Waals surface area contributed by atoms with Crippen molar-refractivity contribution >= 4 is 5.91 Å². The molecule has 5 nitrogen and oxygen atoms in total. The van der Waals surface area contributed by atoms with Crippen LogP contribution in [-0.2, 0) is 4.79 Å². The van der Waals surface area contributed by atoms with Crippen LogP contribution >= 0.6 is 0 Å². The van der Waals surface area contributed by atoms with Gasteiger partial charge < -0.3 is 19.7 Å². The van der Waals surface area contributed by atoms with E-state index in [2.05, 4.69) is 5.32 Å². The number of benzene rings is 1. The fraction of sp³-hybridized carbons (Fsp3) is 0.611. The third-order valence-electron chi connectivity index (χ3n) is 4.95. The van der Waals surface area contributed by atoms with Crippen molar-refractivity contribution in [1.82, 2.24) is 10.2 Å². The molecular weight excluding hydrogens is 292 g/mol. The standard InChI is InChI=1S/C18H26N2O3/c1-22-16-8-7-13(11-17(16)23-2)15-6-4-10-20(15)18(21)12-14-5-3-9-19-14/h7-8,11,14-15,19H,3-6,9-10,12H2,1-2H3. The van der Waals surface area contributed by atoms with Gasteiger partial charge in [0.2, 0.25) is 5.91 Å². The van der Waals surface area contributed by atoms with E-state index in [-0.39, 0.29) is 11.9 Å². The molecule has 1 aromatic rings. The summed E-state index contributed by atoms with van der Waals surface area (Å²) in [5.74, 6) is 1.71. The molecule has 0 aromatic heterocycles. The maximum atomic E-state index is 12.7. The molecule has 2 fully saturated rings. The molecule has 1 aromatic carbocycles. The van der Waals surface area contributed by atoms with Crippen LogP contribution in [0.3, 0.4) is 0 Å². The Morgan fingerprint density at radius 2 is 2.04 bits per heavy atom. The molecule has 0 aliphatic carbocycles. The maximum absolute atomic E-state index is 12.7. The first kappa shape index (κ1) is 16.1. The van der Waals surface area contributed by atoms with Gasteiger partial charge in [0, 0.05) is 19.0 Å². The Bertz CT molecular complexity index is 555. The zero-order chi connectivity index (χ0) is 16.2. The third kappa shape index (κ3) is 3.44. The highest BCUT2D eigenvalue weighted by atomic mass is 16.5. The van der Waals surface area contributed by atoms with E-state index in [0.717, 1.165) is 49.4 Å². The number of carbonyl (C=O) groups excluding carboxylic acids is 1. The number of rotatable bonds is 5. The molecule has 126 valence electrons. The maximum Gasteiger partial charge on any atom is 0.224 e. The first-order chi connectivity index (χ1) is 11.2. The highest BCUT2D eigenvalue weighted by molar-refractivity contribution is 5.77. The second kappa shape index (κ2) is 7.21. The number of hydrogen-bond donors (Lipinski definition) is 1. The summed E-state index contributed by atoms with van der Waals surface area (Å²) in [6.45, 7) is 1.89. The predicted octanol–water partition coefficient (Wildman–Crippen LogP) is 2.51. The summed E-state index contributed by atoms with van der Waals surface area (Å²) in [6.07, 6.45) is 4.98. The summed E-state index contributed by atoms with van der Waals surface area (Å²) in [4.78, 5) is 14.7. The van der Waals surface area contributed by atoms with E-state index in [4.69, 9.17) is 9.47 Å². The van der Waals surface area contributed by atoms with Crippen LogP contribution in [0.5, 0.6) is 11.5 Å². The lowest BCUT2D eigenvalue weighted by atomic mass is 10.0. The topological polar surface area (TPSA) is 50.8 Å². The zero-order valence-corrected chi connectivity index (χ0v) is 14.0. The third-order valence-corrected chi connectivity index (χ3v) is 4.95. The fourth-order valence-electron chi connectivity index (χ4n) is 3.73. The Morgan fingerprint density at radius 3 is 2.74 bits per heavy atom. The van der Waals surface area contributed by atoms with Crippen LogP contribution in [0.4, 0.5) is 0 Å². The van der Waals surface area contributed by atoms with E-state index >= 15 is 0 Å². The van der Waals surface area contributed by atoms with Crippen LogP contribution < -0.4 is 14.8 Å². The van der Waals surface area contributed by atoms with E-state index in [9.17, 15) is 4.79 Å². The van der Waals surface area contributed by atoms with Gasteiger partial charge in [-0.25, -0.2) is 0 Å². The van der Waals surface area contributed by atoms with Crippen LogP contribution in [0.1, 0.15) is 43.7 Å². The zero-order valence-electron chi connectivity index (χ0n) is 14.0. The van der Waals surface area contributed by atoms with Crippen LogP contribution in [0.2, 0.25) is 0 Å². The highest BCUT2D eigenvalue weighted by Crippen LogP contribution is 2.37. The molecule has 2 heterocycles. The van der Waals surface area contributed by atoms with Gasteiger partial charge in [-0.05, 0) is 49.9 Å². The highest BCUT2D eigenvalue weighted by Gasteiger charge is 2.32. The van der Waals surface area contributed by atoms with Crippen LogP contribution in [-0.4, -0.2) is 44.2 Å². The lowest BCUT2D eigenvalue weighted by Gasteiger charge is -2.27. The van der Waals surface area contributed by atoms with Gasteiger partial charge >= 0.3 is 0 Å². The molecular formula is C18H26N2O3. The van der Waals surface area contributed by atoms with Crippen molar-refractivity contribution in [2.45, 2.75) is 44.2 Å². The van der Waals surface area contributed by atoms with Crippen LogP contribution in [0.25, 0.3) is 0 Å². The van der Waals surface area contributed by atoms with Gasteiger partial charge in [-0.1, -0.05) is 6.07 Å². The molecule has 23 heavy (non-hydrogen) atoms. The van der Waals surface area contributed by atoms with E-state index < -0.39 is 0 Å². The summed E-state index contributed by atoms with van der Waals surface area (Å²) in [7, 11) is 3.28. The van der Waals surface area contributed by atoms with Gasteiger partial charge in [0.1, 0.15) is 0 Å². The molecule has 2 aliphatic rings. The monoisotopic (exact) mass is 318 g/mol. The molecule has 0 saturated carbocycles. The molecule has 3 rings (SSSR count). The number of ether oxygens (including phenoxy) is 2. The summed E-state index contributed by atoms with van der Waals surface area (Å²) >= 11 is 0. The molecule has 0 bridgehead atoms. The summed E-state index contributed by atoms with van der Waals surface area (Å²) in [5.41, 5.74) is 1.13. The molecule has 2 saturated heterocycles. The Morgan fingerprint density at radius 1 is 1.22 bits per heavy atom. The Kier molecular flexibility index (Phi) is 5.06. The van der Waals surface area contributed by atoms with Crippen molar-refractivity contribution in [1.29, 1.82) is 0 Å². The number of nitrogens with zero attached hydrogens (tertiary/aromatic N) is 1. The molecule has 2 unspecified atom stereocenters. The Hall–Kier alpha value is -1.75. The summed E-state index contributed by atoms with van der Waals surface area (Å²) in [6, 6.07) is 6.49. The van der Waals surface area contributed by atoms with Gasteiger partial charge in [-0.2, -0.15) is 0 Å². The Balaban J connectivity index is 1.74. The molecule has 1 amide bonds. The van der Waals surface area contributed by atoms with Gasteiger partial charge in [0.15, 0.2) is 11.5 Å². The second-order valence-electron chi connectivity index (χ2n) is 6.36. The number of methoxy groups -OCH3 is 2. The minimum atomic E-state index is 0.156. The first-order valence-corrected chi connectivity index (χ1v) is 8.47. The lowest BCUT2D eigenvalue weighted by Crippen LogP contribution is -2.35. The van der Waals surface area contributed by atoms with Gasteiger partial charge in [-0.3, -0.25) is 4.79 Å². The molecule has 2 atom stereocenters. The van der Waals surface area contributed by atoms with Crippen LogP contribution in [0.15, 0.2) is 18.2 Å². The van der Waals surface area contributed by atoms with Crippen LogP contribution in [0, 0.1) is 0 Å². The quantitative estimate of drug-likeness (QED) is 0.906. The van der Waals surface area contributed by atoms with Crippen molar-refractivity contribution in [3.8, 4) is 11.5 Å². The average molecular weight is 318 g/mol. The van der Waals surface area contributed by atoms with Gasteiger partial charge in [-0.15, -0.1) is 0 Å². The number of hydrogen-bond acceptors (Lipinski definition) is 4. The molecule has 0 spiro atoms. The van der Waals surface area contributed by atoms with Crippen molar-refractivity contribution < 1.29 is 14.3 Å². The fourth-order valence-corrected chi connectivity index (χ4v) is 3.73. The largest absolute Gasteiger partial charge is 0.493 e. The number of carbonyl (C=O) groups is 1. The van der Waals surface area contributed by atoms with Crippen molar-refractivity contribution in [2.24, 2.45) is 0 Å². The van der Waals surface area contributed by atoms with E-state index in [1.807, 2.05) is 23.1 Å². The second-order valence-corrected chi connectivity index (χ2v) is 6.36. The molecule has 0 radical (unpaired) electrons. The molecule has 1 N–H and O–H groups in total. The van der Waals surface area contributed by atoms with Gasteiger partial charge in [0.05, 0.1) is 20.3 Å². The normalized spacial score (nSPS) is 24.0. The summed E-state index contributed by atoms with van der Waals surface area (Å²) in [5, 5.41) is 3.41. The van der Waals surface area contributed by atoms with E-state index in [1.54, 1.807) is 14.2 Å². The number of likely N-dealkylation sites (tertiary alicyclic amines) is 1. The average Bonchev–Trinajstić information content (AvgIpc) is 3.25. The predicted molar refractivity (Wildman–Crippen MR) is 88.9 cm³/mol. The first-order valence-electron chi connectivity index (χ1n) is 8.47. The molecule has 5 heteroatoms. The SMILES string of the molecule is COc1ccc(C2CCCN2C(=O)CC2CCCN2)cc1OC. The Labute approximate surface area is 137 Å². The van der Waals surface area contributed by atoms with Crippen molar-refractivity contribution in [3.05, 3.63) is 23.8 Å².